The molecule has 5 amide bonds. The van der Waals surface area contributed by atoms with Gasteiger partial charge in [0.25, 0.3) is 0 Å². The molecule has 0 fully saturated rings. The minimum atomic E-state index is -0.751. The number of hydrogen-bond donors (Lipinski definition) is 5. The van der Waals surface area contributed by atoms with Crippen molar-refractivity contribution >= 4 is 29.5 Å². The summed E-state index contributed by atoms with van der Waals surface area (Å²) in [4.78, 5) is 62.1. The van der Waals surface area contributed by atoms with Gasteiger partial charge < -0.3 is 26.6 Å². The van der Waals surface area contributed by atoms with Crippen molar-refractivity contribution < 1.29 is 24.0 Å². The number of carbonyl (C=O) groups excluding carboxylic acids is 5. The van der Waals surface area contributed by atoms with Crippen molar-refractivity contribution in [2.75, 3.05) is 20.1 Å². The fourth-order valence-corrected chi connectivity index (χ4v) is 4.44. The molecule has 0 rings (SSSR count). The number of nitrogens with one attached hydrogen (secondary N) is 5. The maximum absolute atomic E-state index is 13.2. The van der Waals surface area contributed by atoms with E-state index in [9.17, 15) is 24.0 Å². The van der Waals surface area contributed by atoms with Crippen LogP contribution in [0.5, 0.6) is 0 Å². The first-order valence-corrected chi connectivity index (χ1v) is 16.1. The predicted molar refractivity (Wildman–Crippen MR) is 164 cm³/mol. The van der Waals surface area contributed by atoms with Crippen LogP contribution >= 0.6 is 0 Å². The molecule has 5 N–H and O–H groups in total. The zero-order valence-electron chi connectivity index (χ0n) is 26.3. The number of likely N-dealkylation sites (N-methyl/N-ethyl adjacent to an activating group) is 1. The summed E-state index contributed by atoms with van der Waals surface area (Å²) in [5.74, 6) is -0.755. The molecule has 0 saturated carbocycles. The normalized spacial score (nSPS) is 12.2. The van der Waals surface area contributed by atoms with Crippen molar-refractivity contribution in [3.05, 3.63) is 0 Å². The molecule has 2 unspecified atom stereocenters. The second kappa shape index (κ2) is 26.3. The van der Waals surface area contributed by atoms with Gasteiger partial charge in [0.05, 0.1) is 0 Å². The van der Waals surface area contributed by atoms with E-state index < -0.39 is 12.1 Å². The zero-order chi connectivity index (χ0) is 30.7. The highest BCUT2D eigenvalue weighted by Crippen LogP contribution is 2.08. The minimum absolute atomic E-state index is 0.0430. The van der Waals surface area contributed by atoms with Crippen LogP contribution in [0.25, 0.3) is 0 Å². The second-order valence-corrected chi connectivity index (χ2v) is 10.9. The predicted octanol–water partition coefficient (Wildman–Crippen LogP) is 4.02. The molecule has 0 aromatic rings. The van der Waals surface area contributed by atoms with E-state index in [2.05, 4.69) is 47.4 Å². The monoisotopic (exact) mass is 581 g/mol. The van der Waals surface area contributed by atoms with Gasteiger partial charge in [0.2, 0.25) is 29.5 Å². The Morgan fingerprint density at radius 2 is 0.902 bits per heavy atom. The molecule has 0 aliphatic rings. The molecule has 0 heterocycles. The molecule has 41 heavy (non-hydrogen) atoms. The third-order valence-corrected chi connectivity index (χ3v) is 7.04. The topological polar surface area (TPSA) is 146 Å². The van der Waals surface area contributed by atoms with E-state index in [1.54, 1.807) is 0 Å². The largest absolute Gasteiger partial charge is 0.357 e. The van der Waals surface area contributed by atoms with Gasteiger partial charge in [-0.15, -0.1) is 0 Å². The van der Waals surface area contributed by atoms with Gasteiger partial charge in [0, 0.05) is 39.4 Å². The van der Waals surface area contributed by atoms with Crippen molar-refractivity contribution in [3.63, 3.8) is 0 Å². The number of unbranched alkanes of at least 4 members (excludes halogenated alkanes) is 8. The van der Waals surface area contributed by atoms with Crippen LogP contribution in [0.4, 0.5) is 0 Å². The van der Waals surface area contributed by atoms with E-state index in [0.717, 1.165) is 57.8 Å². The van der Waals surface area contributed by atoms with Gasteiger partial charge in [-0.2, -0.15) is 0 Å². The van der Waals surface area contributed by atoms with Crippen LogP contribution < -0.4 is 26.6 Å². The zero-order valence-corrected chi connectivity index (χ0v) is 26.3. The Morgan fingerprint density at radius 3 is 1.32 bits per heavy atom. The van der Waals surface area contributed by atoms with Crippen LogP contribution in [-0.4, -0.2) is 61.8 Å². The van der Waals surface area contributed by atoms with E-state index >= 15 is 0 Å². The van der Waals surface area contributed by atoms with Crippen molar-refractivity contribution in [1.82, 2.24) is 26.6 Å². The number of rotatable bonds is 26. The van der Waals surface area contributed by atoms with Gasteiger partial charge >= 0.3 is 0 Å². The average Bonchev–Trinajstić information content (AvgIpc) is 2.95. The van der Waals surface area contributed by atoms with E-state index in [-0.39, 0.29) is 29.5 Å². The van der Waals surface area contributed by atoms with Crippen molar-refractivity contribution in [3.8, 4) is 0 Å². The van der Waals surface area contributed by atoms with Crippen LogP contribution in [0.3, 0.4) is 0 Å². The first-order chi connectivity index (χ1) is 19.8. The van der Waals surface area contributed by atoms with Crippen molar-refractivity contribution in [2.45, 2.75) is 148 Å². The minimum Gasteiger partial charge on any atom is -0.357 e. The summed E-state index contributed by atoms with van der Waals surface area (Å²) in [5.41, 5.74) is 0. The Balaban J connectivity index is 4.86. The highest BCUT2D eigenvalue weighted by atomic mass is 16.2. The summed E-state index contributed by atoms with van der Waals surface area (Å²) in [6.45, 7) is 7.32. The third-order valence-electron chi connectivity index (χ3n) is 7.04. The highest BCUT2D eigenvalue weighted by Gasteiger charge is 2.26. The fraction of sp³-hybridized carbons (Fsp3) is 0.839. The van der Waals surface area contributed by atoms with Crippen LogP contribution in [0.2, 0.25) is 0 Å². The molecule has 0 aliphatic carbocycles. The maximum Gasteiger partial charge on any atom is 0.243 e. The van der Waals surface area contributed by atoms with Crippen LogP contribution in [-0.2, 0) is 24.0 Å². The van der Waals surface area contributed by atoms with Crippen LogP contribution in [0.15, 0.2) is 0 Å². The smallest absolute Gasteiger partial charge is 0.243 e. The lowest BCUT2D eigenvalue weighted by Crippen LogP contribution is -2.53. The Morgan fingerprint density at radius 1 is 0.488 bits per heavy atom. The van der Waals surface area contributed by atoms with Crippen molar-refractivity contribution in [1.29, 1.82) is 0 Å². The summed E-state index contributed by atoms with van der Waals surface area (Å²) in [6, 6.07) is -1.48. The quantitative estimate of drug-likeness (QED) is 0.0980. The molecule has 0 radical (unpaired) electrons. The molecular formula is C31H59N5O5. The van der Waals surface area contributed by atoms with Crippen LogP contribution in [0.1, 0.15) is 136 Å². The summed E-state index contributed by atoms with van der Waals surface area (Å²) < 4.78 is 0. The van der Waals surface area contributed by atoms with E-state index in [1.165, 1.54) is 7.05 Å². The molecule has 0 aromatic heterocycles. The molecular weight excluding hydrogens is 522 g/mol. The first-order valence-electron chi connectivity index (χ1n) is 16.1. The summed E-state index contributed by atoms with van der Waals surface area (Å²) in [7, 11) is 1.53. The van der Waals surface area contributed by atoms with Gasteiger partial charge in [-0.1, -0.05) is 59.3 Å². The summed E-state index contributed by atoms with van der Waals surface area (Å²) in [5, 5.41) is 14.1. The lowest BCUT2D eigenvalue weighted by molar-refractivity contribution is -0.132. The molecule has 10 heteroatoms. The van der Waals surface area contributed by atoms with Crippen molar-refractivity contribution in [2.24, 2.45) is 0 Å². The second-order valence-electron chi connectivity index (χ2n) is 10.9. The highest BCUT2D eigenvalue weighted by molar-refractivity contribution is 5.92. The molecule has 0 aliphatic heterocycles. The molecule has 0 saturated heterocycles. The fourth-order valence-electron chi connectivity index (χ4n) is 4.44. The van der Waals surface area contributed by atoms with Gasteiger partial charge in [-0.05, 0) is 57.8 Å². The number of carbonyl (C=O) groups is 5. The standard InChI is InChI=1S/C31H59N5O5/c1-5-8-11-20-27(37)33-23-16-14-18-25(30(40)32-4)36-31(41)26(35-29(39)22-13-10-7-3)19-15-17-24-34-28(38)21-12-9-6-2/h25-26H,5-24H2,1-4H3,(H,32,40)(H,33,37)(H,34,38)(H,35,39)(H,36,41). The Hall–Kier alpha value is -2.65. The summed E-state index contributed by atoms with van der Waals surface area (Å²) in [6.07, 6.45) is 13.6. The lowest BCUT2D eigenvalue weighted by atomic mass is 10.0. The van der Waals surface area contributed by atoms with Gasteiger partial charge in [0.1, 0.15) is 12.1 Å². The van der Waals surface area contributed by atoms with E-state index in [1.807, 2.05) is 0 Å². The Labute approximate surface area is 248 Å². The molecule has 10 nitrogen and oxygen atoms in total. The number of amides is 5. The van der Waals surface area contributed by atoms with E-state index in [4.69, 9.17) is 0 Å². The molecule has 2 atom stereocenters. The molecule has 0 aromatic carbocycles. The Kier molecular flexibility index (Phi) is 24.6. The summed E-state index contributed by atoms with van der Waals surface area (Å²) >= 11 is 0. The molecule has 0 bridgehead atoms. The SMILES string of the molecule is CCCCCC(=O)NCCCCC(NC(=O)CCCCC)C(=O)NC(CCCCNC(=O)CCCCC)C(=O)NC. The Bertz CT molecular complexity index is 746. The third kappa shape index (κ3) is 21.7. The number of hydrogen-bond acceptors (Lipinski definition) is 5. The first kappa shape index (κ1) is 38.4. The van der Waals surface area contributed by atoms with Gasteiger partial charge in [-0.25, -0.2) is 0 Å². The molecule has 238 valence electrons. The maximum atomic E-state index is 13.2. The van der Waals surface area contributed by atoms with E-state index in [0.29, 0.717) is 70.9 Å². The lowest BCUT2D eigenvalue weighted by Gasteiger charge is -2.23. The van der Waals surface area contributed by atoms with Gasteiger partial charge in [-0.3, -0.25) is 24.0 Å². The van der Waals surface area contributed by atoms with Crippen LogP contribution in [0, 0.1) is 0 Å². The average molecular weight is 582 g/mol. The molecule has 0 spiro atoms. The van der Waals surface area contributed by atoms with Gasteiger partial charge in [0.15, 0.2) is 0 Å².